The third-order valence-electron chi connectivity index (χ3n) is 2.16. The summed E-state index contributed by atoms with van der Waals surface area (Å²) in [7, 11) is 0. The van der Waals surface area contributed by atoms with E-state index in [0.717, 1.165) is 11.1 Å². The fourth-order valence-corrected chi connectivity index (χ4v) is 1.37. The molecule has 1 aromatic heterocycles. The second-order valence-corrected chi connectivity index (χ2v) is 3.44. The standard InChI is InChI=1S/C14H16N2O.C2H6/c1-3-5-7-11(6-4-2)12-8-9-16-13(10-12)14(15)17;1-2/h3-10H,1-2H3,(H2,15,17);1-2H3/b5-3-,6-4-,11-7+;. The smallest absolute Gasteiger partial charge is 0.267 e. The molecule has 0 bridgehead atoms. The number of rotatable bonds is 4. The summed E-state index contributed by atoms with van der Waals surface area (Å²) < 4.78 is 0. The van der Waals surface area contributed by atoms with Crippen molar-refractivity contribution in [2.24, 2.45) is 5.73 Å². The maximum Gasteiger partial charge on any atom is 0.267 e. The lowest BCUT2D eigenvalue weighted by Gasteiger charge is -2.03. The average molecular weight is 258 g/mol. The Bertz CT molecular complexity index is 485. The lowest BCUT2D eigenvalue weighted by Crippen LogP contribution is -2.12. The molecule has 19 heavy (non-hydrogen) atoms. The van der Waals surface area contributed by atoms with E-state index in [1.165, 1.54) is 0 Å². The van der Waals surface area contributed by atoms with E-state index in [0.29, 0.717) is 0 Å². The number of hydrogen-bond donors (Lipinski definition) is 1. The molecule has 0 radical (unpaired) electrons. The molecule has 1 amide bonds. The van der Waals surface area contributed by atoms with Crippen LogP contribution < -0.4 is 5.73 Å². The van der Waals surface area contributed by atoms with Gasteiger partial charge in [-0.15, -0.1) is 0 Å². The van der Waals surface area contributed by atoms with Gasteiger partial charge in [0, 0.05) is 6.20 Å². The molecule has 0 aromatic carbocycles. The molecule has 0 aliphatic heterocycles. The van der Waals surface area contributed by atoms with Crippen LogP contribution in [-0.4, -0.2) is 10.9 Å². The second kappa shape index (κ2) is 9.83. The van der Waals surface area contributed by atoms with Gasteiger partial charge in [0.2, 0.25) is 0 Å². The zero-order valence-electron chi connectivity index (χ0n) is 12.1. The lowest BCUT2D eigenvalue weighted by atomic mass is 10.0. The first kappa shape index (κ1) is 16.8. The summed E-state index contributed by atoms with van der Waals surface area (Å²) in [6.07, 6.45) is 11.4. The van der Waals surface area contributed by atoms with E-state index in [-0.39, 0.29) is 5.69 Å². The highest BCUT2D eigenvalue weighted by atomic mass is 16.1. The molecule has 0 saturated heterocycles. The summed E-state index contributed by atoms with van der Waals surface area (Å²) in [5.41, 5.74) is 7.41. The van der Waals surface area contributed by atoms with Crippen molar-refractivity contribution in [3.63, 3.8) is 0 Å². The van der Waals surface area contributed by atoms with E-state index in [1.807, 2.05) is 64.1 Å². The van der Waals surface area contributed by atoms with E-state index >= 15 is 0 Å². The van der Waals surface area contributed by atoms with E-state index in [4.69, 9.17) is 5.73 Å². The van der Waals surface area contributed by atoms with Crippen LogP contribution in [0.1, 0.15) is 43.7 Å². The van der Waals surface area contributed by atoms with Crippen LogP contribution in [0.3, 0.4) is 0 Å². The molecular formula is C16H22N2O. The van der Waals surface area contributed by atoms with E-state index < -0.39 is 5.91 Å². The van der Waals surface area contributed by atoms with Crippen LogP contribution in [0, 0.1) is 0 Å². The Labute approximate surface area is 115 Å². The van der Waals surface area contributed by atoms with Gasteiger partial charge in [-0.1, -0.05) is 44.2 Å². The van der Waals surface area contributed by atoms with Gasteiger partial charge < -0.3 is 5.73 Å². The van der Waals surface area contributed by atoms with Crippen LogP contribution in [0.25, 0.3) is 5.57 Å². The largest absolute Gasteiger partial charge is 0.364 e. The van der Waals surface area contributed by atoms with Gasteiger partial charge in [0.25, 0.3) is 5.91 Å². The van der Waals surface area contributed by atoms with Gasteiger partial charge in [-0.05, 0) is 37.1 Å². The summed E-state index contributed by atoms with van der Waals surface area (Å²) in [4.78, 5) is 15.0. The predicted molar refractivity (Wildman–Crippen MR) is 81.7 cm³/mol. The van der Waals surface area contributed by atoms with Crippen molar-refractivity contribution < 1.29 is 4.79 Å². The zero-order valence-corrected chi connectivity index (χ0v) is 12.1. The summed E-state index contributed by atoms with van der Waals surface area (Å²) in [5, 5.41) is 0. The minimum Gasteiger partial charge on any atom is -0.364 e. The van der Waals surface area contributed by atoms with E-state index in [2.05, 4.69) is 4.98 Å². The molecule has 102 valence electrons. The normalized spacial score (nSPS) is 11.5. The maximum absolute atomic E-state index is 11.1. The average Bonchev–Trinajstić information content (AvgIpc) is 2.45. The Hall–Kier alpha value is -2.16. The Kier molecular flexibility index (Phi) is 8.71. The monoisotopic (exact) mass is 258 g/mol. The number of nitrogens with zero attached hydrogens (tertiary/aromatic N) is 1. The number of primary amides is 1. The molecular weight excluding hydrogens is 236 g/mol. The zero-order chi connectivity index (χ0) is 14.7. The third kappa shape index (κ3) is 5.82. The fourth-order valence-electron chi connectivity index (χ4n) is 1.37. The van der Waals surface area contributed by atoms with Gasteiger partial charge in [0.15, 0.2) is 0 Å². The third-order valence-corrected chi connectivity index (χ3v) is 2.16. The number of nitrogens with two attached hydrogens (primary N) is 1. The van der Waals surface area contributed by atoms with Crippen LogP contribution in [0.2, 0.25) is 0 Å². The fraction of sp³-hybridized carbons (Fsp3) is 0.250. The Morgan fingerprint density at radius 2 is 1.95 bits per heavy atom. The minimum absolute atomic E-state index is 0.276. The molecule has 0 aliphatic rings. The summed E-state index contributed by atoms with van der Waals surface area (Å²) in [5.74, 6) is -0.516. The van der Waals surface area contributed by atoms with Gasteiger partial charge in [-0.25, -0.2) is 0 Å². The van der Waals surface area contributed by atoms with Crippen molar-refractivity contribution in [3.8, 4) is 0 Å². The van der Waals surface area contributed by atoms with Crippen LogP contribution in [-0.2, 0) is 0 Å². The first-order valence-electron chi connectivity index (χ1n) is 6.41. The summed E-state index contributed by atoms with van der Waals surface area (Å²) in [6, 6.07) is 3.54. The molecule has 3 heteroatoms. The highest BCUT2D eigenvalue weighted by molar-refractivity contribution is 5.92. The molecule has 0 aliphatic carbocycles. The number of hydrogen-bond acceptors (Lipinski definition) is 2. The van der Waals surface area contributed by atoms with Gasteiger partial charge >= 0.3 is 0 Å². The maximum atomic E-state index is 11.1. The number of allylic oxidation sites excluding steroid dienone is 6. The summed E-state index contributed by atoms with van der Waals surface area (Å²) >= 11 is 0. The Morgan fingerprint density at radius 3 is 2.47 bits per heavy atom. The highest BCUT2D eigenvalue weighted by Gasteiger charge is 2.04. The first-order chi connectivity index (χ1) is 9.19. The van der Waals surface area contributed by atoms with E-state index in [1.54, 1.807) is 12.3 Å². The first-order valence-corrected chi connectivity index (χ1v) is 6.41. The SMILES string of the molecule is CC.C\C=C/C=C(\C=C/C)c1ccnc(C(N)=O)c1. The van der Waals surface area contributed by atoms with Crippen molar-refractivity contribution in [3.05, 3.63) is 60.0 Å². The number of pyridine rings is 1. The van der Waals surface area contributed by atoms with Gasteiger partial charge in [-0.3, -0.25) is 9.78 Å². The molecule has 3 nitrogen and oxygen atoms in total. The molecule has 1 heterocycles. The molecule has 0 unspecified atom stereocenters. The topological polar surface area (TPSA) is 56.0 Å². The minimum atomic E-state index is -0.516. The van der Waals surface area contributed by atoms with Crippen molar-refractivity contribution in [2.75, 3.05) is 0 Å². The number of aromatic nitrogens is 1. The molecule has 0 saturated carbocycles. The number of carbonyl (C=O) groups is 1. The van der Waals surface area contributed by atoms with Crippen molar-refractivity contribution in [1.82, 2.24) is 4.98 Å². The van der Waals surface area contributed by atoms with Gasteiger partial charge in [0.05, 0.1) is 0 Å². The van der Waals surface area contributed by atoms with Gasteiger partial charge in [-0.2, -0.15) is 0 Å². The highest BCUT2D eigenvalue weighted by Crippen LogP contribution is 2.16. The van der Waals surface area contributed by atoms with Gasteiger partial charge in [0.1, 0.15) is 5.69 Å². The second-order valence-electron chi connectivity index (χ2n) is 3.44. The number of carbonyl (C=O) groups excluding carboxylic acids is 1. The molecule has 0 atom stereocenters. The molecule has 1 rings (SSSR count). The van der Waals surface area contributed by atoms with Crippen molar-refractivity contribution >= 4 is 11.5 Å². The van der Waals surface area contributed by atoms with E-state index in [9.17, 15) is 4.79 Å². The molecule has 1 aromatic rings. The van der Waals surface area contributed by atoms with Crippen LogP contribution in [0.4, 0.5) is 0 Å². The van der Waals surface area contributed by atoms with Crippen LogP contribution >= 0.6 is 0 Å². The van der Waals surface area contributed by atoms with Crippen LogP contribution in [0.15, 0.2) is 48.7 Å². The van der Waals surface area contributed by atoms with Crippen molar-refractivity contribution in [2.45, 2.75) is 27.7 Å². The molecule has 0 fully saturated rings. The van der Waals surface area contributed by atoms with Crippen molar-refractivity contribution in [1.29, 1.82) is 0 Å². The number of amides is 1. The molecule has 2 N–H and O–H groups in total. The summed E-state index contributed by atoms with van der Waals surface area (Å²) in [6.45, 7) is 7.89. The Morgan fingerprint density at radius 1 is 1.26 bits per heavy atom. The Balaban J connectivity index is 0.00000154. The predicted octanol–water partition coefficient (Wildman–Crippen LogP) is 3.74. The van der Waals surface area contributed by atoms with Crippen LogP contribution in [0.5, 0.6) is 0 Å². The molecule has 0 spiro atoms. The quantitative estimate of drug-likeness (QED) is 0.836. The lowest BCUT2D eigenvalue weighted by molar-refractivity contribution is 0.0995.